The van der Waals surface area contributed by atoms with Crippen molar-refractivity contribution in [3.63, 3.8) is 0 Å². The van der Waals surface area contributed by atoms with Gasteiger partial charge in [0.15, 0.2) is 0 Å². The van der Waals surface area contributed by atoms with Gasteiger partial charge in [-0.3, -0.25) is 0 Å². The number of hydrogen-bond donors (Lipinski definition) is 1. The average molecular weight is 273 g/mol. The van der Waals surface area contributed by atoms with Crippen molar-refractivity contribution in [2.24, 2.45) is 5.92 Å². The number of aryl methyl sites for hydroxylation is 1. The van der Waals surface area contributed by atoms with Gasteiger partial charge in [0.05, 0.1) is 5.92 Å². The molecular formula is C16H23N3O. The normalized spacial score (nSPS) is 14.5. The van der Waals surface area contributed by atoms with Crippen LogP contribution in [0.4, 0.5) is 0 Å². The van der Waals surface area contributed by atoms with Crippen molar-refractivity contribution in [2.75, 3.05) is 7.05 Å². The van der Waals surface area contributed by atoms with Gasteiger partial charge in [0.25, 0.3) is 0 Å². The minimum absolute atomic E-state index is 0.215. The molecule has 4 heteroatoms. The Hall–Kier alpha value is -1.68. The molecule has 0 aliphatic carbocycles. The van der Waals surface area contributed by atoms with Crippen LogP contribution >= 0.6 is 0 Å². The molecular weight excluding hydrogens is 250 g/mol. The summed E-state index contributed by atoms with van der Waals surface area (Å²) >= 11 is 0. The van der Waals surface area contributed by atoms with E-state index in [0.29, 0.717) is 23.7 Å². The molecule has 20 heavy (non-hydrogen) atoms. The van der Waals surface area contributed by atoms with Crippen LogP contribution in [0, 0.1) is 12.8 Å². The Morgan fingerprint density at radius 1 is 1.10 bits per heavy atom. The van der Waals surface area contributed by atoms with Crippen LogP contribution in [-0.2, 0) is 0 Å². The maximum absolute atomic E-state index is 5.49. The zero-order chi connectivity index (χ0) is 14.7. The SMILES string of the molecule is CNC(C)C(c1nc(-c2ccc(C)cc2)no1)C(C)C. The lowest BCUT2D eigenvalue weighted by molar-refractivity contribution is 0.286. The lowest BCUT2D eigenvalue weighted by Gasteiger charge is -2.23. The summed E-state index contributed by atoms with van der Waals surface area (Å²) in [6.07, 6.45) is 0. The zero-order valence-corrected chi connectivity index (χ0v) is 12.8. The second kappa shape index (κ2) is 6.18. The van der Waals surface area contributed by atoms with Gasteiger partial charge >= 0.3 is 0 Å². The van der Waals surface area contributed by atoms with E-state index in [-0.39, 0.29) is 5.92 Å². The smallest absolute Gasteiger partial charge is 0.231 e. The predicted octanol–water partition coefficient (Wildman–Crippen LogP) is 3.39. The van der Waals surface area contributed by atoms with E-state index >= 15 is 0 Å². The molecule has 108 valence electrons. The van der Waals surface area contributed by atoms with Crippen molar-refractivity contribution in [1.82, 2.24) is 15.5 Å². The Balaban J connectivity index is 2.29. The molecule has 0 aliphatic rings. The van der Waals surface area contributed by atoms with Gasteiger partial charge in [0.2, 0.25) is 11.7 Å². The first-order valence-corrected chi connectivity index (χ1v) is 7.10. The van der Waals surface area contributed by atoms with E-state index in [2.05, 4.69) is 55.3 Å². The maximum Gasteiger partial charge on any atom is 0.231 e. The molecule has 0 amide bonds. The lowest BCUT2D eigenvalue weighted by Crippen LogP contribution is -2.32. The molecule has 0 radical (unpaired) electrons. The lowest BCUT2D eigenvalue weighted by atomic mass is 9.89. The molecule has 2 unspecified atom stereocenters. The minimum Gasteiger partial charge on any atom is -0.339 e. The number of likely N-dealkylation sites (N-methyl/N-ethyl adjacent to an activating group) is 1. The third-order valence-corrected chi connectivity index (χ3v) is 3.75. The van der Waals surface area contributed by atoms with Crippen molar-refractivity contribution in [3.05, 3.63) is 35.7 Å². The number of hydrogen-bond acceptors (Lipinski definition) is 4. The maximum atomic E-state index is 5.49. The van der Waals surface area contributed by atoms with Crippen molar-refractivity contribution < 1.29 is 4.52 Å². The molecule has 1 aromatic carbocycles. The Morgan fingerprint density at radius 3 is 2.30 bits per heavy atom. The Kier molecular flexibility index (Phi) is 4.55. The standard InChI is InChI=1S/C16H23N3O/c1-10(2)14(12(4)17-5)16-18-15(19-20-16)13-8-6-11(3)7-9-13/h6-10,12,14,17H,1-5H3. The molecule has 4 nitrogen and oxygen atoms in total. The third-order valence-electron chi connectivity index (χ3n) is 3.75. The van der Waals surface area contributed by atoms with Crippen LogP contribution < -0.4 is 5.32 Å². The molecule has 1 N–H and O–H groups in total. The summed E-state index contributed by atoms with van der Waals surface area (Å²) in [7, 11) is 1.96. The van der Waals surface area contributed by atoms with Crippen molar-refractivity contribution in [2.45, 2.75) is 39.7 Å². The Labute approximate surface area is 120 Å². The quantitative estimate of drug-likeness (QED) is 0.907. The zero-order valence-electron chi connectivity index (χ0n) is 12.8. The number of nitrogens with zero attached hydrogens (tertiary/aromatic N) is 2. The highest BCUT2D eigenvalue weighted by Gasteiger charge is 2.27. The molecule has 0 bridgehead atoms. The molecule has 2 rings (SSSR count). The highest BCUT2D eigenvalue weighted by Crippen LogP contribution is 2.28. The molecule has 0 fully saturated rings. The summed E-state index contributed by atoms with van der Waals surface area (Å²) in [6.45, 7) is 8.55. The predicted molar refractivity (Wildman–Crippen MR) is 80.6 cm³/mol. The van der Waals surface area contributed by atoms with E-state index in [0.717, 1.165) is 5.56 Å². The Morgan fingerprint density at radius 2 is 1.75 bits per heavy atom. The molecule has 0 aliphatic heterocycles. The number of benzene rings is 1. The number of rotatable bonds is 5. The van der Waals surface area contributed by atoms with Gasteiger partial charge in [-0.2, -0.15) is 4.98 Å². The third kappa shape index (κ3) is 3.07. The number of aromatic nitrogens is 2. The van der Waals surface area contributed by atoms with E-state index in [1.165, 1.54) is 5.56 Å². The van der Waals surface area contributed by atoms with Gasteiger partial charge in [-0.25, -0.2) is 0 Å². The van der Waals surface area contributed by atoms with E-state index in [1.54, 1.807) is 0 Å². The summed E-state index contributed by atoms with van der Waals surface area (Å²) < 4.78 is 5.49. The van der Waals surface area contributed by atoms with Crippen LogP contribution in [0.3, 0.4) is 0 Å². The second-order valence-electron chi connectivity index (χ2n) is 5.67. The molecule has 2 atom stereocenters. The van der Waals surface area contributed by atoms with Gasteiger partial charge in [-0.1, -0.05) is 48.8 Å². The Bertz CT molecular complexity index is 545. The largest absolute Gasteiger partial charge is 0.339 e. The summed E-state index contributed by atoms with van der Waals surface area (Å²) in [5.74, 6) is 2.02. The second-order valence-corrected chi connectivity index (χ2v) is 5.67. The first-order valence-electron chi connectivity index (χ1n) is 7.10. The summed E-state index contributed by atoms with van der Waals surface area (Å²) in [6, 6.07) is 8.45. The van der Waals surface area contributed by atoms with Crippen LogP contribution in [0.1, 0.15) is 38.1 Å². The van der Waals surface area contributed by atoms with E-state index in [1.807, 2.05) is 19.2 Å². The van der Waals surface area contributed by atoms with Gasteiger partial charge in [0.1, 0.15) is 0 Å². The van der Waals surface area contributed by atoms with Crippen molar-refractivity contribution in [3.8, 4) is 11.4 Å². The van der Waals surface area contributed by atoms with Gasteiger partial charge < -0.3 is 9.84 Å². The fourth-order valence-corrected chi connectivity index (χ4v) is 2.45. The molecule has 2 aromatic rings. The summed E-state index contributed by atoms with van der Waals surface area (Å²) in [5.41, 5.74) is 2.21. The van der Waals surface area contributed by atoms with Crippen LogP contribution in [0.5, 0.6) is 0 Å². The number of nitrogens with one attached hydrogen (secondary N) is 1. The van der Waals surface area contributed by atoms with Gasteiger partial charge in [-0.05, 0) is 26.8 Å². The van der Waals surface area contributed by atoms with E-state index in [4.69, 9.17) is 4.52 Å². The van der Waals surface area contributed by atoms with Crippen molar-refractivity contribution in [1.29, 1.82) is 0 Å². The van der Waals surface area contributed by atoms with Crippen LogP contribution in [0.2, 0.25) is 0 Å². The van der Waals surface area contributed by atoms with Crippen molar-refractivity contribution >= 4 is 0 Å². The van der Waals surface area contributed by atoms with E-state index < -0.39 is 0 Å². The highest BCUT2D eigenvalue weighted by atomic mass is 16.5. The van der Waals surface area contributed by atoms with Crippen LogP contribution in [-0.4, -0.2) is 23.2 Å². The molecule has 0 saturated heterocycles. The molecule has 1 heterocycles. The average Bonchev–Trinajstić information content (AvgIpc) is 2.88. The topological polar surface area (TPSA) is 51.0 Å². The summed E-state index contributed by atoms with van der Waals surface area (Å²) in [5, 5.41) is 7.40. The fourth-order valence-electron chi connectivity index (χ4n) is 2.45. The molecule has 0 saturated carbocycles. The molecule has 1 aromatic heterocycles. The first-order chi connectivity index (χ1) is 9.52. The van der Waals surface area contributed by atoms with Crippen LogP contribution in [0.25, 0.3) is 11.4 Å². The monoisotopic (exact) mass is 273 g/mol. The van der Waals surface area contributed by atoms with Gasteiger partial charge in [0, 0.05) is 11.6 Å². The van der Waals surface area contributed by atoms with Gasteiger partial charge in [-0.15, -0.1) is 0 Å². The summed E-state index contributed by atoms with van der Waals surface area (Å²) in [4.78, 5) is 4.58. The van der Waals surface area contributed by atoms with E-state index in [9.17, 15) is 0 Å². The highest BCUT2D eigenvalue weighted by molar-refractivity contribution is 5.54. The van der Waals surface area contributed by atoms with Crippen LogP contribution in [0.15, 0.2) is 28.8 Å². The minimum atomic E-state index is 0.215. The molecule has 0 spiro atoms. The first kappa shape index (κ1) is 14.7. The fraction of sp³-hybridized carbons (Fsp3) is 0.500.